The summed E-state index contributed by atoms with van der Waals surface area (Å²) in [6, 6.07) is 9.15. The molecule has 1 rings (SSSR count). The highest BCUT2D eigenvalue weighted by Gasteiger charge is 2.17. The fourth-order valence-electron chi connectivity index (χ4n) is 0.974. The first-order chi connectivity index (χ1) is 8.25. The molecule has 3 heteroatoms. The van der Waals surface area contributed by atoms with Crippen molar-refractivity contribution >= 4 is 17.6 Å². The van der Waals surface area contributed by atoms with Crippen molar-refractivity contribution in [2.45, 2.75) is 40.0 Å². The van der Waals surface area contributed by atoms with E-state index in [9.17, 15) is 4.79 Å². The molecule has 0 spiro atoms. The molecule has 1 atom stereocenters. The maximum atomic E-state index is 11.2. The maximum Gasteiger partial charge on any atom is 0.328 e. The quantitative estimate of drug-likeness (QED) is 0.586. The first-order valence-corrected chi connectivity index (χ1v) is 6.55. The first kappa shape index (κ1) is 18.3. The van der Waals surface area contributed by atoms with E-state index in [0.29, 0.717) is 6.61 Å². The van der Waals surface area contributed by atoms with Crippen LogP contribution in [0.2, 0.25) is 0 Å². The number of carbonyl (C=O) groups excluding carboxylic acids is 1. The van der Waals surface area contributed by atoms with Gasteiger partial charge in [-0.1, -0.05) is 58.0 Å². The van der Waals surface area contributed by atoms with E-state index in [1.807, 2.05) is 45.9 Å². The van der Waals surface area contributed by atoms with E-state index < -0.39 is 11.3 Å². The number of hydrogen-bond donors (Lipinski definition) is 0. The number of alkyl halides is 1. The number of halogens is 1. The van der Waals surface area contributed by atoms with Gasteiger partial charge in [0, 0.05) is 0 Å². The Kier molecular flexibility index (Phi) is 14.1. The summed E-state index contributed by atoms with van der Waals surface area (Å²) in [5.74, 6) is -0.393. The lowest BCUT2D eigenvalue weighted by atomic mass is 10.1. The zero-order chi connectivity index (χ0) is 13.7. The van der Waals surface area contributed by atoms with Gasteiger partial charge >= 0.3 is 5.97 Å². The van der Waals surface area contributed by atoms with E-state index in [1.54, 1.807) is 19.1 Å². The number of carbonyl (C=O) groups is 1. The molecule has 98 valence electrons. The molecule has 0 fully saturated rings. The molecule has 0 bridgehead atoms. The summed E-state index contributed by atoms with van der Waals surface area (Å²) in [5.41, 5.74) is 0.766. The van der Waals surface area contributed by atoms with Crippen LogP contribution in [0.25, 0.3) is 0 Å². The van der Waals surface area contributed by atoms with E-state index in [-0.39, 0.29) is 0 Å². The average molecular weight is 259 g/mol. The van der Waals surface area contributed by atoms with Crippen LogP contribution in [0.3, 0.4) is 0 Å². The number of esters is 1. The van der Waals surface area contributed by atoms with Crippen molar-refractivity contribution in [3.8, 4) is 0 Å². The molecule has 0 aliphatic heterocycles. The van der Waals surface area contributed by atoms with Crippen LogP contribution in [0.5, 0.6) is 0 Å². The van der Waals surface area contributed by atoms with E-state index in [4.69, 9.17) is 16.3 Å². The second-order valence-electron chi connectivity index (χ2n) is 2.53. The lowest BCUT2D eigenvalue weighted by Gasteiger charge is -2.07. The zero-order valence-corrected chi connectivity index (χ0v) is 12.1. The second kappa shape index (κ2) is 13.0. The molecule has 0 amide bonds. The van der Waals surface area contributed by atoms with Crippen LogP contribution in [0.4, 0.5) is 0 Å². The SMILES string of the molecule is CC.CC.CCOC(=O)C(Cl)c1ccccc1. The standard InChI is InChI=1S/C10H11ClO2.2C2H6/c1-2-13-10(12)9(11)8-6-4-3-5-7-8;2*1-2/h3-7,9H,2H2,1H3;2*1-2H3. The largest absolute Gasteiger partial charge is 0.465 e. The van der Waals surface area contributed by atoms with Gasteiger partial charge in [0.25, 0.3) is 0 Å². The third kappa shape index (κ3) is 7.81. The van der Waals surface area contributed by atoms with Crippen molar-refractivity contribution in [2.75, 3.05) is 6.61 Å². The van der Waals surface area contributed by atoms with Gasteiger partial charge in [-0.25, -0.2) is 0 Å². The molecule has 0 aromatic heterocycles. The lowest BCUT2D eigenvalue weighted by molar-refractivity contribution is -0.142. The smallest absolute Gasteiger partial charge is 0.328 e. The monoisotopic (exact) mass is 258 g/mol. The van der Waals surface area contributed by atoms with Crippen molar-refractivity contribution < 1.29 is 9.53 Å². The Hall–Kier alpha value is -1.02. The van der Waals surface area contributed by atoms with E-state index >= 15 is 0 Å². The molecule has 0 aliphatic carbocycles. The summed E-state index contributed by atoms with van der Waals surface area (Å²) in [4.78, 5) is 11.2. The van der Waals surface area contributed by atoms with Gasteiger partial charge in [0.2, 0.25) is 0 Å². The number of rotatable bonds is 3. The fraction of sp³-hybridized carbons (Fsp3) is 0.500. The highest BCUT2D eigenvalue weighted by Crippen LogP contribution is 2.21. The van der Waals surface area contributed by atoms with Crippen LogP contribution in [-0.4, -0.2) is 12.6 Å². The Morgan fingerprint density at radius 3 is 2.06 bits per heavy atom. The third-order valence-electron chi connectivity index (χ3n) is 1.59. The molecular formula is C14H23ClO2. The molecule has 0 saturated carbocycles. The molecule has 1 unspecified atom stereocenters. The minimum atomic E-state index is -0.693. The van der Waals surface area contributed by atoms with Crippen molar-refractivity contribution in [2.24, 2.45) is 0 Å². The van der Waals surface area contributed by atoms with Gasteiger partial charge < -0.3 is 4.74 Å². The number of benzene rings is 1. The maximum absolute atomic E-state index is 11.2. The predicted molar refractivity (Wildman–Crippen MR) is 74.4 cm³/mol. The van der Waals surface area contributed by atoms with Crippen LogP contribution in [0.15, 0.2) is 30.3 Å². The van der Waals surface area contributed by atoms with Gasteiger partial charge in [0.05, 0.1) is 6.61 Å². The highest BCUT2D eigenvalue weighted by molar-refractivity contribution is 6.29. The molecule has 0 heterocycles. The Bertz CT molecular complexity index is 273. The first-order valence-electron chi connectivity index (χ1n) is 6.11. The van der Waals surface area contributed by atoms with Gasteiger partial charge in [-0.05, 0) is 12.5 Å². The fourth-order valence-corrected chi connectivity index (χ4v) is 1.18. The van der Waals surface area contributed by atoms with E-state index in [0.717, 1.165) is 5.56 Å². The average Bonchev–Trinajstić information content (AvgIpc) is 2.43. The zero-order valence-electron chi connectivity index (χ0n) is 11.4. The summed E-state index contributed by atoms with van der Waals surface area (Å²) in [6.07, 6.45) is 0. The molecule has 17 heavy (non-hydrogen) atoms. The van der Waals surface area contributed by atoms with E-state index in [1.165, 1.54) is 0 Å². The van der Waals surface area contributed by atoms with Crippen LogP contribution in [-0.2, 0) is 9.53 Å². The summed E-state index contributed by atoms with van der Waals surface area (Å²) in [6.45, 7) is 10.1. The lowest BCUT2D eigenvalue weighted by Crippen LogP contribution is -2.10. The summed E-state index contributed by atoms with van der Waals surface area (Å²) >= 11 is 5.86. The van der Waals surface area contributed by atoms with Gasteiger partial charge in [-0.3, -0.25) is 4.79 Å². The Balaban J connectivity index is 0. The molecule has 2 nitrogen and oxygen atoms in total. The Labute approximate surface area is 110 Å². The minimum absolute atomic E-state index is 0.356. The summed E-state index contributed by atoms with van der Waals surface area (Å²) < 4.78 is 4.79. The summed E-state index contributed by atoms with van der Waals surface area (Å²) in [7, 11) is 0. The van der Waals surface area contributed by atoms with Crippen molar-refractivity contribution in [1.82, 2.24) is 0 Å². The van der Waals surface area contributed by atoms with Gasteiger partial charge in [0.1, 0.15) is 0 Å². The summed E-state index contributed by atoms with van der Waals surface area (Å²) in [5, 5.41) is -0.693. The number of hydrogen-bond acceptors (Lipinski definition) is 2. The number of ether oxygens (including phenoxy) is 1. The normalized spacial score (nSPS) is 10.0. The molecule has 0 radical (unpaired) electrons. The molecule has 1 aromatic rings. The van der Waals surface area contributed by atoms with Crippen molar-refractivity contribution in [1.29, 1.82) is 0 Å². The Morgan fingerprint density at radius 2 is 1.65 bits per heavy atom. The minimum Gasteiger partial charge on any atom is -0.465 e. The Morgan fingerprint density at radius 1 is 1.18 bits per heavy atom. The van der Waals surface area contributed by atoms with Gasteiger partial charge in [-0.15, -0.1) is 11.6 Å². The molecule has 0 aliphatic rings. The van der Waals surface area contributed by atoms with Gasteiger partial charge in [-0.2, -0.15) is 0 Å². The third-order valence-corrected chi connectivity index (χ3v) is 2.02. The van der Waals surface area contributed by atoms with Crippen LogP contribution < -0.4 is 0 Å². The van der Waals surface area contributed by atoms with Crippen molar-refractivity contribution in [3.05, 3.63) is 35.9 Å². The van der Waals surface area contributed by atoms with Crippen molar-refractivity contribution in [3.63, 3.8) is 0 Å². The predicted octanol–water partition coefficient (Wildman–Crippen LogP) is 4.58. The van der Waals surface area contributed by atoms with E-state index in [2.05, 4.69) is 0 Å². The molecule has 0 N–H and O–H groups in total. The van der Waals surface area contributed by atoms with Crippen LogP contribution in [0, 0.1) is 0 Å². The van der Waals surface area contributed by atoms with Gasteiger partial charge in [0.15, 0.2) is 5.38 Å². The molecule has 0 saturated heterocycles. The second-order valence-corrected chi connectivity index (χ2v) is 2.96. The highest BCUT2D eigenvalue weighted by atomic mass is 35.5. The topological polar surface area (TPSA) is 26.3 Å². The van der Waals surface area contributed by atoms with Crippen LogP contribution in [0.1, 0.15) is 45.6 Å². The van der Waals surface area contributed by atoms with Crippen LogP contribution >= 0.6 is 11.6 Å². The molecular weight excluding hydrogens is 236 g/mol. The molecule has 1 aromatic carbocycles.